The van der Waals surface area contributed by atoms with Crippen molar-refractivity contribution in [2.75, 3.05) is 19.7 Å². The maximum atomic E-state index is 5.74. The van der Waals surface area contributed by atoms with Gasteiger partial charge in [-0.05, 0) is 30.4 Å². The second kappa shape index (κ2) is 6.10. The molecule has 1 saturated heterocycles. The van der Waals surface area contributed by atoms with E-state index in [1.807, 2.05) is 24.7 Å². The van der Waals surface area contributed by atoms with E-state index in [1.165, 1.54) is 18.4 Å². The maximum absolute atomic E-state index is 5.74. The standard InChI is InChI=1S/C17H20N4O/c1-2-12(1)14-9-20-17(21-10-14)7-15-4-3-13(8-19-15)16-11-18-5-6-22-16/h3-4,8-10,12,16,18H,1-2,5-7,11H2. The predicted molar refractivity (Wildman–Crippen MR) is 82.6 cm³/mol. The van der Waals surface area contributed by atoms with Crippen LogP contribution in [0.3, 0.4) is 0 Å². The molecule has 3 heterocycles. The maximum Gasteiger partial charge on any atom is 0.134 e. The second-order valence-corrected chi connectivity index (χ2v) is 6.03. The molecule has 1 atom stereocenters. The van der Waals surface area contributed by atoms with Crippen LogP contribution in [0.5, 0.6) is 0 Å². The number of hydrogen-bond donors (Lipinski definition) is 1. The van der Waals surface area contributed by atoms with Crippen molar-refractivity contribution < 1.29 is 4.74 Å². The highest BCUT2D eigenvalue weighted by Gasteiger charge is 2.24. The van der Waals surface area contributed by atoms with Crippen LogP contribution in [-0.2, 0) is 11.2 Å². The first kappa shape index (κ1) is 13.8. The van der Waals surface area contributed by atoms with Crippen molar-refractivity contribution in [3.63, 3.8) is 0 Å². The van der Waals surface area contributed by atoms with Crippen LogP contribution in [0, 0.1) is 0 Å². The molecule has 22 heavy (non-hydrogen) atoms. The second-order valence-electron chi connectivity index (χ2n) is 6.03. The zero-order valence-corrected chi connectivity index (χ0v) is 12.5. The van der Waals surface area contributed by atoms with Crippen molar-refractivity contribution in [2.45, 2.75) is 31.3 Å². The number of hydrogen-bond acceptors (Lipinski definition) is 5. The molecule has 1 saturated carbocycles. The van der Waals surface area contributed by atoms with Gasteiger partial charge < -0.3 is 10.1 Å². The molecule has 1 N–H and O–H groups in total. The Balaban J connectivity index is 1.41. The summed E-state index contributed by atoms with van der Waals surface area (Å²) in [5, 5.41) is 3.33. The fourth-order valence-electron chi connectivity index (χ4n) is 2.76. The smallest absolute Gasteiger partial charge is 0.134 e. The van der Waals surface area contributed by atoms with Gasteiger partial charge in [-0.25, -0.2) is 9.97 Å². The number of nitrogens with zero attached hydrogens (tertiary/aromatic N) is 3. The average Bonchev–Trinajstić information content (AvgIpc) is 3.42. The lowest BCUT2D eigenvalue weighted by molar-refractivity contribution is 0.0275. The molecule has 0 radical (unpaired) electrons. The van der Waals surface area contributed by atoms with E-state index in [4.69, 9.17) is 4.74 Å². The molecule has 2 aromatic rings. The molecule has 0 aromatic carbocycles. The third kappa shape index (κ3) is 3.15. The molecule has 4 rings (SSSR count). The molecule has 5 nitrogen and oxygen atoms in total. The van der Waals surface area contributed by atoms with Crippen molar-refractivity contribution in [1.82, 2.24) is 20.3 Å². The predicted octanol–water partition coefficient (Wildman–Crippen LogP) is 2.00. The summed E-state index contributed by atoms with van der Waals surface area (Å²) in [5.41, 5.74) is 3.39. The Morgan fingerprint density at radius 3 is 2.50 bits per heavy atom. The van der Waals surface area contributed by atoms with Gasteiger partial charge in [0.1, 0.15) is 5.82 Å². The quantitative estimate of drug-likeness (QED) is 0.935. The molecule has 2 aromatic heterocycles. The number of nitrogens with one attached hydrogen (secondary N) is 1. The third-order valence-corrected chi connectivity index (χ3v) is 4.26. The van der Waals surface area contributed by atoms with Crippen LogP contribution in [-0.4, -0.2) is 34.6 Å². The summed E-state index contributed by atoms with van der Waals surface area (Å²) in [6, 6.07) is 4.14. The molecule has 2 aliphatic rings. The van der Waals surface area contributed by atoms with Crippen LogP contribution in [0.2, 0.25) is 0 Å². The lowest BCUT2D eigenvalue weighted by Gasteiger charge is -2.23. The first-order valence-corrected chi connectivity index (χ1v) is 7.96. The van der Waals surface area contributed by atoms with Gasteiger partial charge in [-0.2, -0.15) is 0 Å². The Kier molecular flexibility index (Phi) is 3.83. The van der Waals surface area contributed by atoms with E-state index in [2.05, 4.69) is 26.3 Å². The molecule has 0 amide bonds. The minimum atomic E-state index is 0.115. The molecule has 0 spiro atoms. The summed E-state index contributed by atoms with van der Waals surface area (Å²) in [5.74, 6) is 1.54. The summed E-state index contributed by atoms with van der Waals surface area (Å²) in [4.78, 5) is 13.5. The summed E-state index contributed by atoms with van der Waals surface area (Å²) in [6.07, 6.45) is 9.20. The highest BCUT2D eigenvalue weighted by atomic mass is 16.5. The Hall–Kier alpha value is -1.85. The Morgan fingerprint density at radius 2 is 1.86 bits per heavy atom. The van der Waals surface area contributed by atoms with E-state index in [0.717, 1.165) is 36.8 Å². The highest BCUT2D eigenvalue weighted by molar-refractivity contribution is 5.21. The molecule has 5 heteroatoms. The lowest BCUT2D eigenvalue weighted by Crippen LogP contribution is -2.33. The third-order valence-electron chi connectivity index (χ3n) is 4.26. The molecular weight excluding hydrogens is 276 g/mol. The van der Waals surface area contributed by atoms with Crippen LogP contribution in [0.4, 0.5) is 0 Å². The van der Waals surface area contributed by atoms with Gasteiger partial charge in [0.25, 0.3) is 0 Å². The molecule has 1 aliphatic heterocycles. The SMILES string of the molecule is c1nc(Cc2ccc(C3CNCCO3)cn2)ncc1C1CC1. The first-order chi connectivity index (χ1) is 10.9. The Labute approximate surface area is 130 Å². The summed E-state index contributed by atoms with van der Waals surface area (Å²) >= 11 is 0. The van der Waals surface area contributed by atoms with Gasteiger partial charge in [-0.15, -0.1) is 0 Å². The zero-order valence-electron chi connectivity index (χ0n) is 12.5. The normalized spacial score (nSPS) is 21.7. The number of rotatable bonds is 4. The van der Waals surface area contributed by atoms with E-state index in [1.54, 1.807) is 0 Å². The van der Waals surface area contributed by atoms with Crippen LogP contribution < -0.4 is 5.32 Å². The van der Waals surface area contributed by atoms with Crippen molar-refractivity contribution in [3.8, 4) is 0 Å². The molecule has 1 unspecified atom stereocenters. The monoisotopic (exact) mass is 296 g/mol. The minimum absolute atomic E-state index is 0.115. The number of morpholine rings is 1. The lowest BCUT2D eigenvalue weighted by atomic mass is 10.1. The van der Waals surface area contributed by atoms with Gasteiger partial charge in [-0.3, -0.25) is 4.98 Å². The van der Waals surface area contributed by atoms with Crippen LogP contribution in [0.1, 0.15) is 47.5 Å². The topological polar surface area (TPSA) is 59.9 Å². The minimum Gasteiger partial charge on any atom is -0.371 e. The average molecular weight is 296 g/mol. The van der Waals surface area contributed by atoms with Gasteiger partial charge in [0, 0.05) is 49.4 Å². The van der Waals surface area contributed by atoms with Crippen molar-refractivity contribution in [3.05, 3.63) is 53.4 Å². The van der Waals surface area contributed by atoms with Crippen molar-refractivity contribution in [2.24, 2.45) is 0 Å². The van der Waals surface area contributed by atoms with Gasteiger partial charge >= 0.3 is 0 Å². The van der Waals surface area contributed by atoms with Gasteiger partial charge in [0.2, 0.25) is 0 Å². The summed E-state index contributed by atoms with van der Waals surface area (Å²) in [7, 11) is 0. The van der Waals surface area contributed by atoms with Crippen LogP contribution in [0.25, 0.3) is 0 Å². The summed E-state index contributed by atoms with van der Waals surface area (Å²) < 4.78 is 5.74. The van der Waals surface area contributed by atoms with Crippen LogP contribution >= 0.6 is 0 Å². The number of pyridine rings is 1. The molecule has 1 aliphatic carbocycles. The van der Waals surface area contributed by atoms with E-state index >= 15 is 0 Å². The molecule has 0 bridgehead atoms. The number of aromatic nitrogens is 3. The zero-order chi connectivity index (χ0) is 14.8. The molecular formula is C17H20N4O. The van der Waals surface area contributed by atoms with Gasteiger partial charge in [0.05, 0.1) is 12.7 Å². The molecule has 114 valence electrons. The van der Waals surface area contributed by atoms with E-state index in [0.29, 0.717) is 12.3 Å². The van der Waals surface area contributed by atoms with Gasteiger partial charge in [-0.1, -0.05) is 6.07 Å². The van der Waals surface area contributed by atoms with Gasteiger partial charge in [0.15, 0.2) is 0 Å². The highest BCUT2D eigenvalue weighted by Crippen LogP contribution is 2.39. The first-order valence-electron chi connectivity index (χ1n) is 7.96. The van der Waals surface area contributed by atoms with Crippen LogP contribution in [0.15, 0.2) is 30.7 Å². The number of ether oxygens (including phenoxy) is 1. The largest absolute Gasteiger partial charge is 0.371 e. The van der Waals surface area contributed by atoms with Crippen molar-refractivity contribution >= 4 is 0 Å². The Bertz CT molecular complexity index is 616. The van der Waals surface area contributed by atoms with E-state index < -0.39 is 0 Å². The summed E-state index contributed by atoms with van der Waals surface area (Å²) in [6.45, 7) is 2.54. The van der Waals surface area contributed by atoms with E-state index in [9.17, 15) is 0 Å². The van der Waals surface area contributed by atoms with E-state index in [-0.39, 0.29) is 6.10 Å². The fraction of sp³-hybridized carbons (Fsp3) is 0.471. The molecule has 2 fully saturated rings. The van der Waals surface area contributed by atoms with Crippen molar-refractivity contribution in [1.29, 1.82) is 0 Å². The fourth-order valence-corrected chi connectivity index (χ4v) is 2.76. The Morgan fingerprint density at radius 1 is 1.05 bits per heavy atom.